The zero-order valence-corrected chi connectivity index (χ0v) is 12.8. The van der Waals surface area contributed by atoms with Crippen LogP contribution < -0.4 is 16.1 Å². The molecule has 1 aromatic rings. The Balaban J connectivity index is 2.30. The van der Waals surface area contributed by atoms with E-state index in [4.69, 9.17) is 7.85 Å². The van der Waals surface area contributed by atoms with Crippen molar-refractivity contribution >= 4 is 42.0 Å². The number of thioether (sulfide) groups is 1. The van der Waals surface area contributed by atoms with Crippen LogP contribution in [0.1, 0.15) is 12.5 Å². The Morgan fingerprint density at radius 2 is 2.26 bits per heavy atom. The van der Waals surface area contributed by atoms with Crippen LogP contribution in [-0.4, -0.2) is 53.2 Å². The van der Waals surface area contributed by atoms with Crippen molar-refractivity contribution in [2.24, 2.45) is 4.99 Å². The predicted octanol–water partition coefficient (Wildman–Crippen LogP) is 0.761. The number of amides is 2. The fourth-order valence-corrected chi connectivity index (χ4v) is 2.84. The average Bonchev–Trinajstić information content (AvgIpc) is 2.84. The van der Waals surface area contributed by atoms with E-state index in [2.05, 4.69) is 20.6 Å². The van der Waals surface area contributed by atoms with Crippen molar-refractivity contribution in [1.82, 2.24) is 10.3 Å². The molecule has 0 spiro atoms. The van der Waals surface area contributed by atoms with Gasteiger partial charge in [-0.3, -0.25) is 5.32 Å². The van der Waals surface area contributed by atoms with E-state index in [1.807, 2.05) is 0 Å². The number of nitrogens with zero attached hydrogens (tertiary/aromatic N) is 2. The third-order valence-electron chi connectivity index (χ3n) is 2.89. The molecule has 1 aromatic heterocycles. The van der Waals surface area contributed by atoms with Crippen LogP contribution in [0.3, 0.4) is 0 Å². The van der Waals surface area contributed by atoms with Gasteiger partial charge in [0.05, 0.1) is 5.75 Å². The molecule has 3 N–H and O–H groups in total. The maximum atomic E-state index is 12.8. The van der Waals surface area contributed by atoms with Gasteiger partial charge in [-0.2, -0.15) is 13.2 Å². The van der Waals surface area contributed by atoms with Crippen molar-refractivity contribution in [2.75, 3.05) is 17.6 Å². The topological polar surface area (TPSA) is 86.6 Å². The van der Waals surface area contributed by atoms with E-state index in [9.17, 15) is 23.1 Å². The number of rotatable bonds is 3. The first kappa shape index (κ1) is 17.6. The number of carbonyl (C=O) groups is 1. The van der Waals surface area contributed by atoms with Crippen LogP contribution in [-0.2, 0) is 0 Å². The molecule has 2 rings (SSSR count). The van der Waals surface area contributed by atoms with Gasteiger partial charge in [-0.1, -0.05) is 5.46 Å². The molecule has 0 saturated heterocycles. The van der Waals surface area contributed by atoms with Gasteiger partial charge < -0.3 is 10.4 Å². The summed E-state index contributed by atoms with van der Waals surface area (Å²) in [6.07, 6.45) is -3.68. The third kappa shape index (κ3) is 3.78. The Kier molecular flexibility index (Phi) is 4.90. The molecular weight excluding hydrogens is 332 g/mol. The summed E-state index contributed by atoms with van der Waals surface area (Å²) in [5.74, 6) is -0.557. The smallest absolute Gasteiger partial charge is 0.361 e. The molecule has 0 aliphatic carbocycles. The van der Waals surface area contributed by atoms with Gasteiger partial charge in [0.2, 0.25) is 0 Å². The molecule has 122 valence electrons. The highest BCUT2D eigenvalue weighted by atomic mass is 32.2. The molecule has 1 unspecified atom stereocenters. The lowest BCUT2D eigenvalue weighted by molar-refractivity contribution is -0.245. The minimum atomic E-state index is -4.88. The number of anilines is 1. The summed E-state index contributed by atoms with van der Waals surface area (Å²) in [5, 5.41) is 14.4. The number of hydrogen-bond donors (Lipinski definition) is 3. The van der Waals surface area contributed by atoms with Crippen LogP contribution >= 0.6 is 11.8 Å². The van der Waals surface area contributed by atoms with Crippen LogP contribution in [0.2, 0.25) is 0 Å². The molecule has 1 atom stereocenters. The average molecular weight is 344 g/mol. The molecule has 0 fully saturated rings. The second kappa shape index (κ2) is 6.40. The summed E-state index contributed by atoms with van der Waals surface area (Å²) < 4.78 is 38.4. The van der Waals surface area contributed by atoms with E-state index in [1.165, 1.54) is 12.3 Å². The van der Waals surface area contributed by atoms with Crippen molar-refractivity contribution in [3.63, 3.8) is 0 Å². The molecule has 0 aromatic carbocycles. The molecule has 11 heteroatoms. The standard InChI is InChI=1S/C12H12BF3N4O2S/c1-2-17-10(21)19-8-3-6(7(13)4-18-8)9-20-11(22,5-23-9)12(14,15)16/h3-4,22H,2,5H2,1H3,(H2,17,18,19,21). The number of aromatic nitrogens is 1. The van der Waals surface area contributed by atoms with Gasteiger partial charge in [-0.05, 0) is 13.0 Å². The highest BCUT2D eigenvalue weighted by Gasteiger charge is 2.56. The summed E-state index contributed by atoms with van der Waals surface area (Å²) in [6.45, 7) is 2.12. The SMILES string of the molecule is [B]c1cnc(NC(=O)NCC)cc1C1=NC(O)(C(F)(F)F)CS1. The first-order valence-corrected chi connectivity index (χ1v) is 7.47. The largest absolute Gasteiger partial charge is 0.439 e. The molecule has 2 heterocycles. The third-order valence-corrected chi connectivity index (χ3v) is 4.03. The number of hydrogen-bond acceptors (Lipinski definition) is 5. The van der Waals surface area contributed by atoms with Crippen molar-refractivity contribution in [1.29, 1.82) is 0 Å². The number of alkyl halides is 3. The van der Waals surface area contributed by atoms with Crippen LogP contribution in [0.25, 0.3) is 0 Å². The van der Waals surface area contributed by atoms with E-state index in [-0.39, 0.29) is 21.9 Å². The molecule has 23 heavy (non-hydrogen) atoms. The summed E-state index contributed by atoms with van der Waals surface area (Å²) in [5.41, 5.74) is -2.89. The van der Waals surface area contributed by atoms with Crippen molar-refractivity contribution in [3.8, 4) is 0 Å². The zero-order valence-electron chi connectivity index (χ0n) is 11.9. The highest BCUT2D eigenvalue weighted by Crippen LogP contribution is 2.40. The monoisotopic (exact) mass is 344 g/mol. The van der Waals surface area contributed by atoms with Crippen LogP contribution in [0, 0.1) is 0 Å². The van der Waals surface area contributed by atoms with E-state index < -0.39 is 23.7 Å². The van der Waals surface area contributed by atoms with Gasteiger partial charge in [0, 0.05) is 18.3 Å². The number of aliphatic hydroxyl groups is 1. The molecule has 2 amide bonds. The summed E-state index contributed by atoms with van der Waals surface area (Å²) in [4.78, 5) is 18.7. The van der Waals surface area contributed by atoms with Crippen molar-refractivity contribution in [3.05, 3.63) is 17.8 Å². The van der Waals surface area contributed by atoms with Gasteiger partial charge >= 0.3 is 12.2 Å². The number of aliphatic imine (C=N–C) groups is 1. The normalized spacial score (nSPS) is 21.0. The van der Waals surface area contributed by atoms with E-state index in [0.717, 1.165) is 11.8 Å². The summed E-state index contributed by atoms with van der Waals surface area (Å²) in [6, 6.07) is 0.793. The number of carbonyl (C=O) groups excluding carboxylic acids is 1. The quantitative estimate of drug-likeness (QED) is 0.707. The van der Waals surface area contributed by atoms with E-state index in [1.54, 1.807) is 6.92 Å². The Bertz CT molecular complexity index is 656. The van der Waals surface area contributed by atoms with E-state index in [0.29, 0.717) is 6.54 Å². The van der Waals surface area contributed by atoms with E-state index >= 15 is 0 Å². The maximum Gasteiger partial charge on any atom is 0.439 e. The predicted molar refractivity (Wildman–Crippen MR) is 82.3 cm³/mol. The fraction of sp³-hybridized carbons (Fsp3) is 0.417. The van der Waals surface area contributed by atoms with Gasteiger partial charge in [0.1, 0.15) is 18.7 Å². The second-order valence-electron chi connectivity index (χ2n) is 4.66. The van der Waals surface area contributed by atoms with Gasteiger partial charge in [-0.25, -0.2) is 14.8 Å². The minimum absolute atomic E-state index is 0.0660. The van der Waals surface area contributed by atoms with Crippen molar-refractivity contribution in [2.45, 2.75) is 18.8 Å². The maximum absolute atomic E-state index is 12.8. The van der Waals surface area contributed by atoms with Crippen LogP contribution in [0.4, 0.5) is 23.8 Å². The Labute approximate surface area is 135 Å². The summed E-state index contributed by atoms with van der Waals surface area (Å²) >= 11 is 0.725. The Morgan fingerprint density at radius 3 is 2.83 bits per heavy atom. The molecule has 2 radical (unpaired) electrons. The van der Waals surface area contributed by atoms with Gasteiger partial charge in [0.15, 0.2) is 0 Å². The summed E-state index contributed by atoms with van der Waals surface area (Å²) in [7, 11) is 5.71. The molecule has 1 aliphatic heterocycles. The zero-order chi connectivity index (χ0) is 17.3. The Hall–Kier alpha value is -1.75. The number of pyridine rings is 1. The lowest BCUT2D eigenvalue weighted by atomic mass is 9.93. The minimum Gasteiger partial charge on any atom is -0.361 e. The fourth-order valence-electron chi connectivity index (χ4n) is 1.73. The van der Waals surface area contributed by atoms with Crippen molar-refractivity contribution < 1.29 is 23.1 Å². The number of urea groups is 1. The van der Waals surface area contributed by atoms with Gasteiger partial charge in [-0.15, -0.1) is 11.8 Å². The van der Waals surface area contributed by atoms with Crippen LogP contribution in [0.15, 0.2) is 17.3 Å². The van der Waals surface area contributed by atoms with Gasteiger partial charge in [0.25, 0.3) is 5.72 Å². The first-order chi connectivity index (χ1) is 10.7. The second-order valence-corrected chi connectivity index (χ2v) is 5.63. The molecule has 6 nitrogen and oxygen atoms in total. The number of halogens is 3. The molecule has 0 bridgehead atoms. The first-order valence-electron chi connectivity index (χ1n) is 6.49. The highest BCUT2D eigenvalue weighted by molar-refractivity contribution is 8.14. The molecular formula is C12H12BF3N4O2S. The van der Waals surface area contributed by atoms with Crippen LogP contribution in [0.5, 0.6) is 0 Å². The lowest BCUT2D eigenvalue weighted by Crippen LogP contribution is -2.43. The molecule has 1 aliphatic rings. The molecule has 0 saturated carbocycles. The Morgan fingerprint density at radius 1 is 1.57 bits per heavy atom. The lowest BCUT2D eigenvalue weighted by Gasteiger charge is -2.21. The number of nitrogens with one attached hydrogen (secondary N) is 2.